The first-order chi connectivity index (χ1) is 11.2. The smallest absolute Gasteiger partial charge is 0.249 e. The van der Waals surface area contributed by atoms with Crippen LogP contribution in [0.4, 0.5) is 0 Å². The van der Waals surface area contributed by atoms with E-state index in [1.165, 1.54) is 5.57 Å². The van der Waals surface area contributed by atoms with Crippen LogP contribution in [0, 0.1) is 28.6 Å². The molecule has 0 unspecified atom stereocenters. The lowest BCUT2D eigenvalue weighted by molar-refractivity contribution is -0.161. The number of hydrogen-bond donors (Lipinski definition) is 2. The summed E-state index contributed by atoms with van der Waals surface area (Å²) in [7, 11) is 0. The van der Waals surface area contributed by atoms with Crippen molar-refractivity contribution in [3.05, 3.63) is 11.6 Å². The number of allylic oxidation sites excluding steroid dienone is 1. The molecule has 0 bridgehead atoms. The highest BCUT2D eigenvalue weighted by Crippen LogP contribution is 2.67. The van der Waals surface area contributed by atoms with E-state index in [-0.39, 0.29) is 16.6 Å². The highest BCUT2D eigenvalue weighted by molar-refractivity contribution is 5.91. The topological polar surface area (TPSA) is 80.4 Å². The lowest BCUT2D eigenvalue weighted by Crippen LogP contribution is -2.59. The summed E-state index contributed by atoms with van der Waals surface area (Å²) in [5.74, 6) is 1.21. The van der Waals surface area contributed by atoms with E-state index in [2.05, 4.69) is 13.8 Å². The minimum Gasteiger partial charge on any atom is -0.379 e. The van der Waals surface area contributed by atoms with E-state index in [0.717, 1.165) is 38.5 Å². The van der Waals surface area contributed by atoms with Gasteiger partial charge in [0.15, 0.2) is 5.78 Å². The maximum atomic E-state index is 12.0. The zero-order valence-corrected chi connectivity index (χ0v) is 14.8. The molecule has 3 N–H and O–H groups in total. The fourth-order valence-corrected chi connectivity index (χ4v) is 6.98. The second-order valence-corrected chi connectivity index (χ2v) is 9.19. The average Bonchev–Trinajstić information content (AvgIpc) is 2.81. The Balaban J connectivity index is 1.70. The molecule has 0 aromatic heterocycles. The van der Waals surface area contributed by atoms with Crippen molar-refractivity contribution in [3.8, 4) is 0 Å². The zero-order valence-electron chi connectivity index (χ0n) is 14.8. The van der Waals surface area contributed by atoms with Crippen molar-refractivity contribution in [1.29, 1.82) is 0 Å². The predicted molar refractivity (Wildman–Crippen MR) is 90.9 cm³/mol. The van der Waals surface area contributed by atoms with E-state index in [1.54, 1.807) is 0 Å². The summed E-state index contributed by atoms with van der Waals surface area (Å²) in [6, 6.07) is 0. The molecule has 0 aromatic carbocycles. The minimum atomic E-state index is -1.35. The van der Waals surface area contributed by atoms with E-state index in [4.69, 9.17) is 5.73 Å². The Morgan fingerprint density at radius 1 is 1.12 bits per heavy atom. The quantitative estimate of drug-likeness (QED) is 0.775. The lowest BCUT2D eigenvalue weighted by Gasteiger charge is -2.58. The van der Waals surface area contributed by atoms with Crippen molar-refractivity contribution in [2.24, 2.45) is 34.3 Å². The van der Waals surface area contributed by atoms with Gasteiger partial charge in [-0.05, 0) is 74.2 Å². The molecule has 6 atom stereocenters. The van der Waals surface area contributed by atoms with Crippen molar-refractivity contribution in [1.82, 2.24) is 0 Å². The van der Waals surface area contributed by atoms with Crippen LogP contribution in [0.5, 0.6) is 0 Å². The Kier molecular flexibility index (Phi) is 3.36. The van der Waals surface area contributed by atoms with Crippen LogP contribution in [-0.4, -0.2) is 22.4 Å². The number of aliphatic hydroxyl groups is 1. The van der Waals surface area contributed by atoms with Crippen molar-refractivity contribution in [2.75, 3.05) is 0 Å². The SMILES string of the molecule is C[C@]12CCC(=O)C=C1CC[C@@H]1[C@@H]2CC[C@@]2(C)[C@H]1CC[C@]2(O)C(N)=O. The summed E-state index contributed by atoms with van der Waals surface area (Å²) in [4.78, 5) is 23.8. The van der Waals surface area contributed by atoms with Crippen LogP contribution in [0.1, 0.15) is 65.2 Å². The summed E-state index contributed by atoms with van der Waals surface area (Å²) in [5, 5.41) is 11.0. The standard InChI is InChI=1S/C20H29NO3/c1-18-8-5-13(22)11-12(18)3-4-14-15(18)6-9-19(2)16(14)7-10-20(19,24)17(21)23/h11,14-16,24H,3-10H2,1-2H3,(H2,21,23)/t14-,15+,16+,18+,19+,20+/m1/s1. The summed E-state index contributed by atoms with van der Waals surface area (Å²) in [6.45, 7) is 4.43. The number of ketones is 1. The Labute approximate surface area is 143 Å². The number of nitrogens with two attached hydrogens (primary N) is 1. The van der Waals surface area contributed by atoms with Gasteiger partial charge in [0, 0.05) is 11.8 Å². The van der Waals surface area contributed by atoms with E-state index < -0.39 is 11.5 Å². The second kappa shape index (κ2) is 4.94. The molecule has 1 amide bonds. The third-order valence-corrected chi connectivity index (χ3v) is 8.52. The average molecular weight is 331 g/mol. The summed E-state index contributed by atoms with van der Waals surface area (Å²) in [5.41, 5.74) is 5.36. The van der Waals surface area contributed by atoms with Crippen LogP contribution < -0.4 is 5.73 Å². The van der Waals surface area contributed by atoms with Gasteiger partial charge in [0.25, 0.3) is 0 Å². The van der Waals surface area contributed by atoms with Crippen molar-refractivity contribution >= 4 is 11.7 Å². The molecule has 4 aliphatic rings. The maximum Gasteiger partial charge on any atom is 0.249 e. The predicted octanol–water partition coefficient (Wildman–Crippen LogP) is 2.73. The molecule has 0 saturated heterocycles. The highest BCUT2D eigenvalue weighted by Gasteiger charge is 2.65. The Bertz CT molecular complexity index is 641. The molecule has 4 heteroatoms. The zero-order chi connectivity index (χ0) is 17.3. The Hall–Kier alpha value is -1.16. The van der Waals surface area contributed by atoms with E-state index in [0.29, 0.717) is 30.6 Å². The Morgan fingerprint density at radius 3 is 2.54 bits per heavy atom. The fourth-order valence-electron chi connectivity index (χ4n) is 6.98. The van der Waals surface area contributed by atoms with Gasteiger partial charge in [0.1, 0.15) is 5.60 Å². The molecule has 132 valence electrons. The Morgan fingerprint density at radius 2 is 1.83 bits per heavy atom. The molecule has 0 radical (unpaired) electrons. The first kappa shape index (κ1) is 16.3. The van der Waals surface area contributed by atoms with Crippen molar-refractivity contribution in [2.45, 2.75) is 70.8 Å². The number of carbonyl (C=O) groups is 2. The van der Waals surface area contributed by atoms with E-state index in [9.17, 15) is 14.7 Å². The van der Waals surface area contributed by atoms with Crippen molar-refractivity contribution in [3.63, 3.8) is 0 Å². The normalized spacial score (nSPS) is 50.5. The molecule has 0 aromatic rings. The van der Waals surface area contributed by atoms with Crippen LogP contribution in [0.25, 0.3) is 0 Å². The van der Waals surface area contributed by atoms with Gasteiger partial charge in [0.2, 0.25) is 5.91 Å². The van der Waals surface area contributed by atoms with Gasteiger partial charge < -0.3 is 10.8 Å². The molecule has 4 nitrogen and oxygen atoms in total. The molecule has 3 fully saturated rings. The summed E-state index contributed by atoms with van der Waals surface area (Å²) < 4.78 is 0. The van der Waals surface area contributed by atoms with Crippen LogP contribution >= 0.6 is 0 Å². The molecular formula is C20H29NO3. The lowest BCUT2D eigenvalue weighted by atomic mass is 9.46. The molecule has 24 heavy (non-hydrogen) atoms. The first-order valence-electron chi connectivity index (χ1n) is 9.48. The summed E-state index contributed by atoms with van der Waals surface area (Å²) in [6.07, 6.45) is 8.89. The third-order valence-electron chi connectivity index (χ3n) is 8.52. The van der Waals surface area contributed by atoms with Gasteiger partial charge >= 0.3 is 0 Å². The molecule has 3 saturated carbocycles. The van der Waals surface area contributed by atoms with Crippen molar-refractivity contribution < 1.29 is 14.7 Å². The van der Waals surface area contributed by atoms with Gasteiger partial charge in [-0.2, -0.15) is 0 Å². The number of amides is 1. The molecular weight excluding hydrogens is 302 g/mol. The number of carbonyl (C=O) groups excluding carboxylic acids is 2. The maximum absolute atomic E-state index is 12.0. The monoisotopic (exact) mass is 331 g/mol. The number of hydrogen-bond acceptors (Lipinski definition) is 3. The molecule has 0 spiro atoms. The van der Waals surface area contributed by atoms with Gasteiger partial charge in [-0.1, -0.05) is 19.4 Å². The minimum absolute atomic E-state index is 0.131. The molecule has 4 rings (SSSR count). The second-order valence-electron chi connectivity index (χ2n) is 9.19. The molecule has 0 heterocycles. The molecule has 4 aliphatic carbocycles. The fraction of sp³-hybridized carbons (Fsp3) is 0.800. The van der Waals surface area contributed by atoms with Crippen LogP contribution in [-0.2, 0) is 9.59 Å². The highest BCUT2D eigenvalue weighted by atomic mass is 16.3. The van der Waals surface area contributed by atoms with Gasteiger partial charge in [0.05, 0.1) is 0 Å². The third kappa shape index (κ3) is 1.84. The van der Waals surface area contributed by atoms with Gasteiger partial charge in [-0.25, -0.2) is 0 Å². The first-order valence-corrected chi connectivity index (χ1v) is 9.48. The van der Waals surface area contributed by atoms with Gasteiger partial charge in [-0.15, -0.1) is 0 Å². The van der Waals surface area contributed by atoms with Crippen LogP contribution in [0.15, 0.2) is 11.6 Å². The number of fused-ring (bicyclic) bond motifs is 5. The number of primary amides is 1. The largest absolute Gasteiger partial charge is 0.379 e. The molecule has 0 aliphatic heterocycles. The van der Waals surface area contributed by atoms with Crippen LogP contribution in [0.2, 0.25) is 0 Å². The van der Waals surface area contributed by atoms with Gasteiger partial charge in [-0.3, -0.25) is 9.59 Å². The van der Waals surface area contributed by atoms with E-state index in [1.807, 2.05) is 6.08 Å². The summed E-state index contributed by atoms with van der Waals surface area (Å²) >= 11 is 0. The number of rotatable bonds is 1. The van der Waals surface area contributed by atoms with E-state index >= 15 is 0 Å². The van der Waals surface area contributed by atoms with Crippen LogP contribution in [0.3, 0.4) is 0 Å².